The molecule has 1 fully saturated rings. The first-order chi connectivity index (χ1) is 8.18. The van der Waals surface area contributed by atoms with Gasteiger partial charge in [0, 0.05) is 5.56 Å². The standard InChI is InChI=1S/C14H18FNO/c1-11(16-9-3-2-4-10-16)14(17)12-5-7-13(15)8-6-12/h5-8,11H,2-4,9-10H2,1H3. The van der Waals surface area contributed by atoms with Gasteiger partial charge in [0.05, 0.1) is 6.04 Å². The number of benzene rings is 1. The van der Waals surface area contributed by atoms with E-state index in [1.54, 1.807) is 12.1 Å². The average molecular weight is 235 g/mol. The van der Waals surface area contributed by atoms with Crippen LogP contribution in [-0.4, -0.2) is 29.8 Å². The Bertz CT molecular complexity index is 382. The van der Waals surface area contributed by atoms with Crippen LogP contribution < -0.4 is 0 Å². The predicted octanol–water partition coefficient (Wildman–Crippen LogP) is 2.88. The maximum atomic E-state index is 12.8. The number of halogens is 1. The molecule has 1 heterocycles. The highest BCUT2D eigenvalue weighted by Crippen LogP contribution is 2.15. The molecule has 1 aliphatic heterocycles. The Hall–Kier alpha value is -1.22. The van der Waals surface area contributed by atoms with Crippen LogP contribution in [0.15, 0.2) is 24.3 Å². The third kappa shape index (κ3) is 2.91. The monoisotopic (exact) mass is 235 g/mol. The van der Waals surface area contributed by atoms with Gasteiger partial charge in [-0.2, -0.15) is 0 Å². The molecule has 2 nitrogen and oxygen atoms in total. The Morgan fingerprint density at radius 2 is 1.76 bits per heavy atom. The van der Waals surface area contributed by atoms with Crippen LogP contribution in [0.4, 0.5) is 4.39 Å². The number of hydrogen-bond donors (Lipinski definition) is 0. The minimum atomic E-state index is -0.299. The van der Waals surface area contributed by atoms with E-state index in [1.165, 1.54) is 31.4 Å². The second kappa shape index (κ2) is 5.41. The Kier molecular flexibility index (Phi) is 3.89. The molecule has 92 valence electrons. The summed E-state index contributed by atoms with van der Waals surface area (Å²) in [7, 11) is 0. The summed E-state index contributed by atoms with van der Waals surface area (Å²) in [4.78, 5) is 14.4. The molecule has 2 rings (SSSR count). The molecule has 1 aliphatic rings. The fraction of sp³-hybridized carbons (Fsp3) is 0.500. The van der Waals surface area contributed by atoms with Crippen LogP contribution in [0.1, 0.15) is 36.5 Å². The fourth-order valence-electron chi connectivity index (χ4n) is 2.33. The zero-order valence-corrected chi connectivity index (χ0v) is 10.2. The van der Waals surface area contributed by atoms with Crippen LogP contribution in [0.2, 0.25) is 0 Å². The van der Waals surface area contributed by atoms with Crippen molar-refractivity contribution in [3.63, 3.8) is 0 Å². The highest BCUT2D eigenvalue weighted by Gasteiger charge is 2.23. The second-order valence-corrected chi connectivity index (χ2v) is 4.64. The molecule has 0 N–H and O–H groups in total. The molecule has 3 heteroatoms. The van der Waals surface area contributed by atoms with Crippen LogP contribution >= 0.6 is 0 Å². The van der Waals surface area contributed by atoms with Crippen molar-refractivity contribution < 1.29 is 9.18 Å². The smallest absolute Gasteiger partial charge is 0.179 e. The summed E-state index contributed by atoms with van der Waals surface area (Å²) in [5.74, 6) is -0.209. The van der Waals surface area contributed by atoms with Crippen LogP contribution in [0, 0.1) is 5.82 Å². The summed E-state index contributed by atoms with van der Waals surface area (Å²) in [6.07, 6.45) is 3.59. The SMILES string of the molecule is CC(C(=O)c1ccc(F)cc1)N1CCCCC1. The van der Waals surface area contributed by atoms with Gasteiger partial charge in [0.15, 0.2) is 5.78 Å². The average Bonchev–Trinajstić information content (AvgIpc) is 2.39. The van der Waals surface area contributed by atoms with E-state index in [4.69, 9.17) is 0 Å². The van der Waals surface area contributed by atoms with Gasteiger partial charge in [-0.15, -0.1) is 0 Å². The van der Waals surface area contributed by atoms with Crippen LogP contribution in [-0.2, 0) is 0 Å². The minimum absolute atomic E-state index is 0.0897. The van der Waals surface area contributed by atoms with Gasteiger partial charge in [0.25, 0.3) is 0 Å². The number of carbonyl (C=O) groups excluding carboxylic acids is 1. The molecule has 0 bridgehead atoms. The number of Topliss-reactive ketones (excluding diaryl/α,β-unsaturated/α-hetero) is 1. The third-order valence-corrected chi connectivity index (χ3v) is 3.45. The van der Waals surface area contributed by atoms with Crippen molar-refractivity contribution >= 4 is 5.78 Å². The first-order valence-corrected chi connectivity index (χ1v) is 6.22. The molecule has 0 saturated carbocycles. The summed E-state index contributed by atoms with van der Waals surface area (Å²) in [5.41, 5.74) is 0.601. The van der Waals surface area contributed by atoms with E-state index in [1.807, 2.05) is 6.92 Å². The van der Waals surface area contributed by atoms with Gasteiger partial charge in [-0.1, -0.05) is 6.42 Å². The number of likely N-dealkylation sites (tertiary alicyclic amines) is 1. The molecule has 0 spiro atoms. The highest BCUT2D eigenvalue weighted by atomic mass is 19.1. The number of piperidine rings is 1. The van der Waals surface area contributed by atoms with Gasteiger partial charge in [0.2, 0.25) is 0 Å². The predicted molar refractivity (Wildman–Crippen MR) is 65.6 cm³/mol. The zero-order chi connectivity index (χ0) is 12.3. The molecule has 0 radical (unpaired) electrons. The number of carbonyl (C=O) groups is 1. The summed E-state index contributed by atoms with van der Waals surface area (Å²) in [6.45, 7) is 3.93. The van der Waals surface area contributed by atoms with Gasteiger partial charge in [-0.25, -0.2) is 4.39 Å². The molecule has 0 amide bonds. The number of rotatable bonds is 3. The quantitative estimate of drug-likeness (QED) is 0.751. The van der Waals surface area contributed by atoms with E-state index in [2.05, 4.69) is 4.90 Å². The van der Waals surface area contributed by atoms with Crippen molar-refractivity contribution in [2.45, 2.75) is 32.2 Å². The number of nitrogens with zero attached hydrogens (tertiary/aromatic N) is 1. The van der Waals surface area contributed by atoms with E-state index in [0.29, 0.717) is 5.56 Å². The van der Waals surface area contributed by atoms with Crippen LogP contribution in [0.5, 0.6) is 0 Å². The van der Waals surface area contributed by atoms with Gasteiger partial charge < -0.3 is 0 Å². The molecule has 0 aromatic heterocycles. The Balaban J connectivity index is 2.05. The summed E-state index contributed by atoms with van der Waals surface area (Å²) < 4.78 is 12.8. The molecular formula is C14H18FNO. The number of hydrogen-bond acceptors (Lipinski definition) is 2. The molecule has 1 saturated heterocycles. The molecule has 1 aromatic rings. The maximum Gasteiger partial charge on any atom is 0.179 e. The first kappa shape index (κ1) is 12.2. The van der Waals surface area contributed by atoms with Crippen molar-refractivity contribution in [3.8, 4) is 0 Å². The second-order valence-electron chi connectivity index (χ2n) is 4.64. The lowest BCUT2D eigenvalue weighted by Crippen LogP contribution is -2.42. The van der Waals surface area contributed by atoms with Crippen LogP contribution in [0.25, 0.3) is 0 Å². The van der Waals surface area contributed by atoms with Gasteiger partial charge in [0.1, 0.15) is 5.82 Å². The van der Waals surface area contributed by atoms with Gasteiger partial charge in [-0.3, -0.25) is 9.69 Å². The lowest BCUT2D eigenvalue weighted by Gasteiger charge is -2.31. The minimum Gasteiger partial charge on any atom is -0.294 e. The summed E-state index contributed by atoms with van der Waals surface area (Å²) in [5, 5.41) is 0. The zero-order valence-electron chi connectivity index (χ0n) is 10.2. The third-order valence-electron chi connectivity index (χ3n) is 3.45. The van der Waals surface area contributed by atoms with E-state index in [9.17, 15) is 9.18 Å². The van der Waals surface area contributed by atoms with E-state index in [0.717, 1.165) is 13.1 Å². The summed E-state index contributed by atoms with van der Waals surface area (Å²) >= 11 is 0. The topological polar surface area (TPSA) is 20.3 Å². The van der Waals surface area contributed by atoms with Crippen molar-refractivity contribution in [1.29, 1.82) is 0 Å². The van der Waals surface area contributed by atoms with E-state index < -0.39 is 0 Å². The molecule has 1 aromatic carbocycles. The number of ketones is 1. The van der Waals surface area contributed by atoms with Crippen molar-refractivity contribution in [1.82, 2.24) is 4.90 Å². The van der Waals surface area contributed by atoms with E-state index >= 15 is 0 Å². The highest BCUT2D eigenvalue weighted by molar-refractivity contribution is 5.99. The van der Waals surface area contributed by atoms with E-state index in [-0.39, 0.29) is 17.6 Å². The van der Waals surface area contributed by atoms with Gasteiger partial charge >= 0.3 is 0 Å². The summed E-state index contributed by atoms with van der Waals surface area (Å²) in [6, 6.07) is 5.73. The molecule has 0 aliphatic carbocycles. The Labute approximate surface area is 101 Å². The Morgan fingerprint density at radius 1 is 1.18 bits per heavy atom. The first-order valence-electron chi connectivity index (χ1n) is 6.22. The normalized spacial score (nSPS) is 18.9. The Morgan fingerprint density at radius 3 is 2.35 bits per heavy atom. The van der Waals surface area contributed by atoms with Crippen molar-refractivity contribution in [2.75, 3.05) is 13.1 Å². The molecule has 17 heavy (non-hydrogen) atoms. The van der Waals surface area contributed by atoms with Crippen LogP contribution in [0.3, 0.4) is 0 Å². The van der Waals surface area contributed by atoms with Crippen molar-refractivity contribution in [2.24, 2.45) is 0 Å². The fourth-order valence-corrected chi connectivity index (χ4v) is 2.33. The lowest BCUT2D eigenvalue weighted by molar-refractivity contribution is 0.0809. The largest absolute Gasteiger partial charge is 0.294 e. The molecule has 1 unspecified atom stereocenters. The van der Waals surface area contributed by atoms with Crippen molar-refractivity contribution in [3.05, 3.63) is 35.6 Å². The maximum absolute atomic E-state index is 12.8. The molecule has 1 atom stereocenters. The van der Waals surface area contributed by atoms with Gasteiger partial charge in [-0.05, 0) is 57.1 Å². The molecular weight excluding hydrogens is 217 g/mol. The lowest BCUT2D eigenvalue weighted by atomic mass is 10.0.